The molecule has 0 aliphatic heterocycles. The number of hydrogen-bond donors (Lipinski definition) is 0. The molecule has 6 nitrogen and oxygen atoms in total. The molecule has 0 bridgehead atoms. The van der Waals surface area contributed by atoms with Crippen LogP contribution >= 0.6 is 0 Å². The minimum atomic E-state index is 0.0463. The van der Waals surface area contributed by atoms with Gasteiger partial charge >= 0.3 is 0 Å². The topological polar surface area (TPSA) is 64.2 Å². The zero-order chi connectivity index (χ0) is 19.9. The van der Waals surface area contributed by atoms with E-state index in [0.717, 1.165) is 32.5 Å². The molecule has 0 saturated heterocycles. The number of imidazole rings is 1. The number of benzene rings is 1. The summed E-state index contributed by atoms with van der Waals surface area (Å²) in [5.74, 6) is 0. The fraction of sp³-hybridized carbons (Fsp3) is 0.261. The van der Waals surface area contributed by atoms with Crippen LogP contribution in [-0.2, 0) is 19.6 Å². The molecule has 0 radical (unpaired) electrons. The highest BCUT2D eigenvalue weighted by Crippen LogP contribution is 2.14. The molecule has 3 aromatic heterocycles. The molecule has 4 aromatic rings. The van der Waals surface area contributed by atoms with E-state index < -0.39 is 0 Å². The number of pyridine rings is 1. The summed E-state index contributed by atoms with van der Waals surface area (Å²) in [6, 6.07) is 11.4. The molecule has 0 aliphatic rings. The van der Waals surface area contributed by atoms with Crippen LogP contribution in [0, 0.1) is 0 Å². The summed E-state index contributed by atoms with van der Waals surface area (Å²) >= 11 is 0. The molecule has 4 rings (SSSR count). The summed E-state index contributed by atoms with van der Waals surface area (Å²) < 4.78 is 7.79. The third-order valence-electron chi connectivity index (χ3n) is 5.00. The van der Waals surface area contributed by atoms with Crippen LogP contribution < -0.4 is 5.43 Å². The second-order valence-electron chi connectivity index (χ2n) is 7.16. The van der Waals surface area contributed by atoms with Crippen LogP contribution in [0.1, 0.15) is 24.0 Å². The van der Waals surface area contributed by atoms with Gasteiger partial charge in [-0.05, 0) is 49.2 Å². The van der Waals surface area contributed by atoms with E-state index in [1.54, 1.807) is 24.9 Å². The summed E-state index contributed by atoms with van der Waals surface area (Å²) in [7, 11) is 0. The second-order valence-corrected chi connectivity index (χ2v) is 7.16. The third-order valence-corrected chi connectivity index (χ3v) is 5.00. The van der Waals surface area contributed by atoms with Crippen molar-refractivity contribution in [1.29, 1.82) is 0 Å². The standard InChI is InChI=1S/C23H24N4O2/c28-23-20(17-29-22-6-2-1-5-21(22)23)16-27(15-19-7-9-24-10-8-19)13-4-3-12-26-14-11-25-18-26/h1-2,5-11,14,17-18H,3-4,12-13,15-16H2. The van der Waals surface area contributed by atoms with Crippen LogP contribution in [0.25, 0.3) is 11.0 Å². The van der Waals surface area contributed by atoms with E-state index in [-0.39, 0.29) is 5.43 Å². The zero-order valence-corrected chi connectivity index (χ0v) is 16.3. The van der Waals surface area contributed by atoms with Crippen molar-refractivity contribution in [3.63, 3.8) is 0 Å². The Labute approximate surface area is 169 Å². The normalized spacial score (nSPS) is 11.3. The fourth-order valence-electron chi connectivity index (χ4n) is 3.48. The monoisotopic (exact) mass is 388 g/mol. The first-order valence-electron chi connectivity index (χ1n) is 9.86. The van der Waals surface area contributed by atoms with E-state index in [2.05, 4.69) is 19.4 Å². The van der Waals surface area contributed by atoms with E-state index in [1.165, 1.54) is 5.56 Å². The molecule has 0 atom stereocenters. The van der Waals surface area contributed by atoms with Gasteiger partial charge in [-0.25, -0.2) is 4.98 Å². The minimum absolute atomic E-state index is 0.0463. The Balaban J connectivity index is 1.47. The molecule has 1 aromatic carbocycles. The predicted octanol–water partition coefficient (Wildman–Crippen LogP) is 3.87. The van der Waals surface area contributed by atoms with E-state index in [0.29, 0.717) is 23.1 Å². The van der Waals surface area contributed by atoms with Gasteiger partial charge in [0.2, 0.25) is 0 Å². The first-order chi connectivity index (χ1) is 14.3. The lowest BCUT2D eigenvalue weighted by atomic mass is 10.1. The Kier molecular flexibility index (Phi) is 6.12. The van der Waals surface area contributed by atoms with Gasteiger partial charge in [0.1, 0.15) is 5.58 Å². The van der Waals surface area contributed by atoms with Gasteiger partial charge in [-0.15, -0.1) is 0 Å². The number of hydrogen-bond acceptors (Lipinski definition) is 5. The smallest absolute Gasteiger partial charge is 0.197 e. The van der Waals surface area contributed by atoms with Crippen LogP contribution in [0.2, 0.25) is 0 Å². The largest absolute Gasteiger partial charge is 0.464 e. The lowest BCUT2D eigenvalue weighted by Gasteiger charge is -2.22. The summed E-state index contributed by atoms with van der Waals surface area (Å²) in [4.78, 5) is 23.4. The Morgan fingerprint density at radius 1 is 0.966 bits per heavy atom. The van der Waals surface area contributed by atoms with Crippen molar-refractivity contribution in [2.24, 2.45) is 0 Å². The highest BCUT2D eigenvalue weighted by Gasteiger charge is 2.12. The molecule has 148 valence electrons. The van der Waals surface area contributed by atoms with Crippen molar-refractivity contribution in [3.8, 4) is 0 Å². The summed E-state index contributed by atoms with van der Waals surface area (Å²) in [5, 5.41) is 0.633. The number of aryl methyl sites for hydroxylation is 1. The quantitative estimate of drug-likeness (QED) is 0.407. The number of para-hydroxylation sites is 1. The first-order valence-corrected chi connectivity index (χ1v) is 9.86. The highest BCUT2D eigenvalue weighted by molar-refractivity contribution is 5.76. The van der Waals surface area contributed by atoms with E-state index >= 15 is 0 Å². The van der Waals surface area contributed by atoms with Gasteiger partial charge in [0.25, 0.3) is 0 Å². The molecule has 0 aliphatic carbocycles. The predicted molar refractivity (Wildman–Crippen MR) is 112 cm³/mol. The summed E-state index contributed by atoms with van der Waals surface area (Å²) in [6.45, 7) is 3.16. The van der Waals surface area contributed by atoms with Gasteiger partial charge in [-0.2, -0.15) is 0 Å². The van der Waals surface area contributed by atoms with Crippen molar-refractivity contribution in [3.05, 3.63) is 95.1 Å². The lowest BCUT2D eigenvalue weighted by Crippen LogP contribution is -2.27. The van der Waals surface area contributed by atoms with Gasteiger partial charge in [0, 0.05) is 50.0 Å². The van der Waals surface area contributed by atoms with E-state index in [1.807, 2.05) is 48.9 Å². The number of unbranched alkanes of at least 4 members (excludes halogenated alkanes) is 1. The lowest BCUT2D eigenvalue weighted by molar-refractivity contribution is 0.247. The average molecular weight is 388 g/mol. The van der Waals surface area contributed by atoms with Gasteiger partial charge in [-0.1, -0.05) is 12.1 Å². The fourth-order valence-corrected chi connectivity index (χ4v) is 3.48. The van der Waals surface area contributed by atoms with Crippen molar-refractivity contribution < 1.29 is 4.42 Å². The number of aromatic nitrogens is 3. The molecule has 29 heavy (non-hydrogen) atoms. The molecule has 0 fully saturated rings. The second kappa shape index (κ2) is 9.30. The third kappa shape index (κ3) is 4.97. The zero-order valence-electron chi connectivity index (χ0n) is 16.3. The van der Waals surface area contributed by atoms with Crippen LogP contribution in [0.3, 0.4) is 0 Å². The van der Waals surface area contributed by atoms with Crippen molar-refractivity contribution >= 4 is 11.0 Å². The maximum absolute atomic E-state index is 12.9. The van der Waals surface area contributed by atoms with Gasteiger partial charge in [0.15, 0.2) is 5.43 Å². The summed E-state index contributed by atoms with van der Waals surface area (Å²) in [6.07, 6.45) is 12.9. The van der Waals surface area contributed by atoms with Crippen LogP contribution in [0.5, 0.6) is 0 Å². The van der Waals surface area contributed by atoms with Crippen LogP contribution in [-0.4, -0.2) is 26.0 Å². The first kappa shape index (κ1) is 19.1. The van der Waals surface area contributed by atoms with Crippen LogP contribution in [0.4, 0.5) is 0 Å². The van der Waals surface area contributed by atoms with Crippen molar-refractivity contribution in [2.45, 2.75) is 32.5 Å². The molecule has 0 spiro atoms. The molecular formula is C23H24N4O2. The number of nitrogens with zero attached hydrogens (tertiary/aromatic N) is 4. The number of fused-ring (bicyclic) bond motifs is 1. The van der Waals surface area contributed by atoms with Gasteiger partial charge in [0.05, 0.1) is 18.0 Å². The maximum atomic E-state index is 12.9. The Bertz CT molecular complexity index is 1090. The number of rotatable bonds is 9. The van der Waals surface area contributed by atoms with E-state index in [9.17, 15) is 4.79 Å². The minimum Gasteiger partial charge on any atom is -0.464 e. The molecule has 3 heterocycles. The van der Waals surface area contributed by atoms with Crippen LogP contribution in [0.15, 0.2) is 83.0 Å². The molecular weight excluding hydrogens is 364 g/mol. The maximum Gasteiger partial charge on any atom is 0.197 e. The Morgan fingerprint density at radius 2 is 1.83 bits per heavy atom. The molecule has 0 amide bonds. The Morgan fingerprint density at radius 3 is 2.66 bits per heavy atom. The van der Waals surface area contributed by atoms with E-state index in [4.69, 9.17) is 4.42 Å². The summed E-state index contributed by atoms with van der Waals surface area (Å²) in [5.41, 5.74) is 2.54. The molecule has 0 unspecified atom stereocenters. The molecule has 6 heteroatoms. The van der Waals surface area contributed by atoms with Crippen molar-refractivity contribution in [1.82, 2.24) is 19.4 Å². The highest BCUT2D eigenvalue weighted by atomic mass is 16.3. The molecule has 0 N–H and O–H groups in total. The average Bonchev–Trinajstić information content (AvgIpc) is 3.27. The molecule has 0 saturated carbocycles. The van der Waals surface area contributed by atoms with Gasteiger partial charge < -0.3 is 8.98 Å². The van der Waals surface area contributed by atoms with Gasteiger partial charge in [-0.3, -0.25) is 14.7 Å². The van der Waals surface area contributed by atoms with Crippen molar-refractivity contribution in [2.75, 3.05) is 6.54 Å². The SMILES string of the molecule is O=c1c(CN(CCCCn2ccnc2)Cc2ccncc2)coc2ccccc12. The Hall–Kier alpha value is -3.25.